The molecule has 0 amide bonds. The molecule has 2 aromatic heterocycles. The fraction of sp³-hybridized carbons (Fsp3) is 0.353. The van der Waals surface area contributed by atoms with Gasteiger partial charge in [0.15, 0.2) is 28.5 Å². The molecule has 1 aliphatic rings. The van der Waals surface area contributed by atoms with E-state index in [1.165, 1.54) is 13.2 Å². The minimum Gasteiger partial charge on any atom is -0.504 e. The predicted octanol–water partition coefficient (Wildman–Crippen LogP) is 2.69. The van der Waals surface area contributed by atoms with Crippen molar-refractivity contribution in [3.8, 4) is 17.5 Å². The number of anilines is 2. The highest BCUT2D eigenvalue weighted by Crippen LogP contribution is 2.33. The number of benzene rings is 1. The molecule has 26 heavy (non-hydrogen) atoms. The zero-order valence-electron chi connectivity index (χ0n) is 14.2. The number of aromatic nitrogens is 4. The summed E-state index contributed by atoms with van der Waals surface area (Å²) in [4.78, 5) is 12.5. The number of hydrogen-bond donors (Lipinski definition) is 3. The van der Waals surface area contributed by atoms with Crippen molar-refractivity contribution in [3.63, 3.8) is 0 Å². The number of nitrogens with one attached hydrogen (secondary N) is 1. The number of phenolic OH excluding ortho intramolecular Hbond substituents is 1. The first-order valence-corrected chi connectivity index (χ1v) is 8.35. The van der Waals surface area contributed by atoms with Crippen molar-refractivity contribution >= 4 is 22.7 Å². The maximum absolute atomic E-state index is 9.95. The summed E-state index contributed by atoms with van der Waals surface area (Å²) in [6.45, 7) is 0.692. The van der Waals surface area contributed by atoms with E-state index in [0.717, 1.165) is 19.3 Å². The van der Waals surface area contributed by atoms with Crippen molar-refractivity contribution < 1.29 is 19.7 Å². The summed E-state index contributed by atoms with van der Waals surface area (Å²) in [5, 5.41) is 22.9. The normalized spacial score (nSPS) is 17.3. The number of nitrogens with zero attached hydrogens (tertiary/aromatic N) is 4. The zero-order valence-corrected chi connectivity index (χ0v) is 14.2. The molecule has 9 nitrogen and oxygen atoms in total. The summed E-state index contributed by atoms with van der Waals surface area (Å²) in [5.41, 5.74) is 1.57. The molecule has 0 bridgehead atoms. The Morgan fingerprint density at radius 3 is 2.88 bits per heavy atom. The van der Waals surface area contributed by atoms with Gasteiger partial charge in [0.1, 0.15) is 6.23 Å². The number of phenols is 1. The van der Waals surface area contributed by atoms with Crippen LogP contribution in [0.3, 0.4) is 0 Å². The van der Waals surface area contributed by atoms with Crippen molar-refractivity contribution in [1.82, 2.24) is 19.5 Å². The van der Waals surface area contributed by atoms with Gasteiger partial charge in [-0.25, -0.2) is 4.98 Å². The molecular weight excluding hydrogens is 338 g/mol. The van der Waals surface area contributed by atoms with Gasteiger partial charge in [-0.15, -0.1) is 0 Å². The predicted molar refractivity (Wildman–Crippen MR) is 93.8 cm³/mol. The second-order valence-electron chi connectivity index (χ2n) is 6.03. The molecule has 4 rings (SSSR count). The Morgan fingerprint density at radius 1 is 1.27 bits per heavy atom. The molecule has 136 valence electrons. The van der Waals surface area contributed by atoms with Crippen LogP contribution in [-0.2, 0) is 4.74 Å². The molecule has 1 saturated heterocycles. The van der Waals surface area contributed by atoms with E-state index in [0.29, 0.717) is 35.0 Å². The third-order valence-corrected chi connectivity index (χ3v) is 4.32. The molecular formula is C17H19N5O4. The van der Waals surface area contributed by atoms with E-state index in [1.54, 1.807) is 18.5 Å². The molecule has 0 radical (unpaired) electrons. The van der Waals surface area contributed by atoms with Crippen molar-refractivity contribution in [1.29, 1.82) is 0 Å². The molecule has 3 N–H and O–H groups in total. The average Bonchev–Trinajstić information content (AvgIpc) is 3.06. The largest absolute Gasteiger partial charge is 0.504 e. The summed E-state index contributed by atoms with van der Waals surface area (Å²) in [5.74, 6) is 0.699. The summed E-state index contributed by atoms with van der Waals surface area (Å²) >= 11 is 0. The van der Waals surface area contributed by atoms with Gasteiger partial charge in [0, 0.05) is 18.4 Å². The fourth-order valence-corrected chi connectivity index (χ4v) is 3.05. The average molecular weight is 357 g/mol. The number of methoxy groups -OCH3 is 1. The van der Waals surface area contributed by atoms with Gasteiger partial charge in [-0.2, -0.15) is 9.97 Å². The van der Waals surface area contributed by atoms with Gasteiger partial charge in [0.2, 0.25) is 0 Å². The third kappa shape index (κ3) is 2.97. The Kier molecular flexibility index (Phi) is 4.21. The minimum atomic E-state index is -0.365. The summed E-state index contributed by atoms with van der Waals surface area (Å²) in [6.07, 6.45) is 4.46. The van der Waals surface area contributed by atoms with Crippen LogP contribution in [0.2, 0.25) is 0 Å². The first-order chi connectivity index (χ1) is 12.7. The van der Waals surface area contributed by atoms with Gasteiger partial charge >= 0.3 is 6.01 Å². The lowest BCUT2D eigenvalue weighted by atomic mass is 10.2. The summed E-state index contributed by atoms with van der Waals surface area (Å²) < 4.78 is 12.6. The molecule has 1 fully saturated rings. The van der Waals surface area contributed by atoms with Gasteiger partial charge < -0.3 is 25.0 Å². The van der Waals surface area contributed by atoms with Crippen molar-refractivity contribution in [2.45, 2.75) is 25.5 Å². The smallest absolute Gasteiger partial charge is 0.318 e. The topological polar surface area (TPSA) is 115 Å². The highest BCUT2D eigenvalue weighted by atomic mass is 16.5. The molecule has 1 atom stereocenters. The highest BCUT2D eigenvalue weighted by molar-refractivity contribution is 5.86. The van der Waals surface area contributed by atoms with E-state index in [-0.39, 0.29) is 18.0 Å². The highest BCUT2D eigenvalue weighted by Gasteiger charge is 2.21. The lowest BCUT2D eigenvalue weighted by Crippen LogP contribution is -2.17. The minimum absolute atomic E-state index is 0.00634. The Bertz CT molecular complexity index is 936. The number of fused-ring (bicyclic) bond motifs is 1. The Hall–Kier alpha value is -3.07. The number of hydrogen-bond acceptors (Lipinski definition) is 8. The lowest BCUT2D eigenvalue weighted by Gasteiger charge is -2.23. The SMILES string of the molecule is COc1ccc(Nc2nc(O)nc3c2ncn3C2CCCCO2)cc1O. The Labute approximate surface area is 149 Å². The van der Waals surface area contributed by atoms with Gasteiger partial charge in [0.05, 0.1) is 13.4 Å². The molecule has 9 heteroatoms. The summed E-state index contributed by atoms with van der Waals surface area (Å²) in [6, 6.07) is 4.50. The van der Waals surface area contributed by atoms with Gasteiger partial charge in [0.25, 0.3) is 0 Å². The van der Waals surface area contributed by atoms with Crippen LogP contribution >= 0.6 is 0 Å². The van der Waals surface area contributed by atoms with Gasteiger partial charge in [-0.1, -0.05) is 0 Å². The third-order valence-electron chi connectivity index (χ3n) is 4.32. The fourth-order valence-electron chi connectivity index (χ4n) is 3.05. The quantitative estimate of drug-likeness (QED) is 0.653. The first kappa shape index (κ1) is 16.4. The molecule has 1 aliphatic heterocycles. The van der Waals surface area contributed by atoms with E-state index in [9.17, 15) is 10.2 Å². The van der Waals surface area contributed by atoms with Crippen molar-refractivity contribution in [2.24, 2.45) is 0 Å². The Balaban J connectivity index is 1.71. The lowest BCUT2D eigenvalue weighted by molar-refractivity contribution is -0.0298. The van der Waals surface area contributed by atoms with Crippen LogP contribution in [0.15, 0.2) is 24.5 Å². The second-order valence-corrected chi connectivity index (χ2v) is 6.03. The second kappa shape index (κ2) is 6.68. The van der Waals surface area contributed by atoms with Gasteiger partial charge in [-0.05, 0) is 31.4 Å². The van der Waals surface area contributed by atoms with Crippen LogP contribution < -0.4 is 10.1 Å². The number of aromatic hydroxyl groups is 2. The van der Waals surface area contributed by atoms with Crippen molar-refractivity contribution in [3.05, 3.63) is 24.5 Å². The van der Waals surface area contributed by atoms with Gasteiger partial charge in [-0.3, -0.25) is 4.57 Å². The monoisotopic (exact) mass is 357 g/mol. The van der Waals surface area contributed by atoms with E-state index in [4.69, 9.17) is 9.47 Å². The van der Waals surface area contributed by atoms with Crippen LogP contribution in [0.1, 0.15) is 25.5 Å². The standard InChI is InChI=1S/C17H19N5O4/c1-25-12-6-5-10(8-11(12)23)19-15-14-16(21-17(24)20-15)22(9-18-14)13-4-2-3-7-26-13/h5-6,8-9,13,23H,2-4,7H2,1H3,(H2,19,20,21,24). The molecule has 3 heterocycles. The van der Waals surface area contributed by atoms with Crippen LogP contribution in [0.25, 0.3) is 11.2 Å². The van der Waals surface area contributed by atoms with E-state index in [2.05, 4.69) is 20.3 Å². The molecule has 3 aromatic rings. The van der Waals surface area contributed by atoms with Crippen LogP contribution in [-0.4, -0.2) is 43.4 Å². The first-order valence-electron chi connectivity index (χ1n) is 8.35. The maximum Gasteiger partial charge on any atom is 0.318 e. The molecule has 0 spiro atoms. The number of rotatable bonds is 4. The van der Waals surface area contributed by atoms with E-state index >= 15 is 0 Å². The number of imidazole rings is 1. The molecule has 1 aromatic carbocycles. The van der Waals surface area contributed by atoms with Crippen LogP contribution in [0.5, 0.6) is 17.5 Å². The van der Waals surface area contributed by atoms with Crippen LogP contribution in [0, 0.1) is 0 Å². The zero-order chi connectivity index (χ0) is 18.1. The molecule has 0 aliphatic carbocycles. The van der Waals surface area contributed by atoms with E-state index < -0.39 is 0 Å². The maximum atomic E-state index is 9.95. The van der Waals surface area contributed by atoms with E-state index in [1.807, 2.05) is 4.57 Å². The number of ether oxygens (including phenoxy) is 2. The summed E-state index contributed by atoms with van der Waals surface area (Å²) in [7, 11) is 1.48. The Morgan fingerprint density at radius 2 is 2.15 bits per heavy atom. The van der Waals surface area contributed by atoms with Crippen molar-refractivity contribution in [2.75, 3.05) is 19.0 Å². The molecule has 0 saturated carbocycles. The molecule has 1 unspecified atom stereocenters. The van der Waals surface area contributed by atoms with Crippen LogP contribution in [0.4, 0.5) is 11.5 Å².